The molecule has 0 spiro atoms. The summed E-state index contributed by atoms with van der Waals surface area (Å²) in [6.07, 6.45) is -0.288. The van der Waals surface area contributed by atoms with Crippen LogP contribution in [0.4, 0.5) is 8.78 Å². The van der Waals surface area contributed by atoms with Crippen LogP contribution >= 0.6 is 11.6 Å². The Kier molecular flexibility index (Phi) is 3.78. The maximum atomic E-state index is 12.6. The molecule has 3 rings (SSSR count). The third-order valence-corrected chi connectivity index (χ3v) is 3.97. The number of carbonyl (C=O) groups excluding carboxylic acids is 1. The van der Waals surface area contributed by atoms with Gasteiger partial charge in [0, 0.05) is 5.02 Å². The first-order valence-electron chi connectivity index (χ1n) is 6.69. The van der Waals surface area contributed by atoms with Gasteiger partial charge in [-0.05, 0) is 30.5 Å². The van der Waals surface area contributed by atoms with Gasteiger partial charge >= 0.3 is 0 Å². The van der Waals surface area contributed by atoms with E-state index in [1.807, 2.05) is 18.2 Å². The van der Waals surface area contributed by atoms with E-state index in [1.165, 1.54) is 0 Å². The first kappa shape index (κ1) is 14.8. The standard InChI is InChI=1S/C15H12ClF2N3O/c16-10-4-2-1-3-9(10)15(5-6-15)21-14(22)12-7-11(13(17)18)19-8-20-12/h1-4,7-8,13H,5-6H2,(H,21,22). The van der Waals surface area contributed by atoms with Crippen LogP contribution in [0.25, 0.3) is 0 Å². The maximum Gasteiger partial charge on any atom is 0.280 e. The zero-order valence-corrected chi connectivity index (χ0v) is 12.1. The normalized spacial score (nSPS) is 15.6. The molecule has 1 saturated carbocycles. The Balaban J connectivity index is 1.83. The molecular formula is C15H12ClF2N3O. The number of benzene rings is 1. The second-order valence-electron chi connectivity index (χ2n) is 5.14. The van der Waals surface area contributed by atoms with Gasteiger partial charge in [0.05, 0.1) is 5.54 Å². The Morgan fingerprint density at radius 1 is 1.27 bits per heavy atom. The first-order chi connectivity index (χ1) is 10.5. The largest absolute Gasteiger partial charge is 0.341 e. The van der Waals surface area contributed by atoms with Crippen LogP contribution < -0.4 is 5.32 Å². The van der Waals surface area contributed by atoms with E-state index in [-0.39, 0.29) is 5.69 Å². The quantitative estimate of drug-likeness (QED) is 0.937. The number of aromatic nitrogens is 2. The SMILES string of the molecule is O=C(NC1(c2ccccc2Cl)CC1)c1cc(C(F)F)ncn1. The molecule has 7 heteroatoms. The molecular weight excluding hydrogens is 312 g/mol. The van der Waals surface area contributed by atoms with Gasteiger partial charge in [0.15, 0.2) is 0 Å². The monoisotopic (exact) mass is 323 g/mol. The van der Waals surface area contributed by atoms with Crippen molar-refractivity contribution >= 4 is 17.5 Å². The van der Waals surface area contributed by atoms with Crippen molar-refractivity contribution in [2.24, 2.45) is 0 Å². The number of amides is 1. The summed E-state index contributed by atoms with van der Waals surface area (Å²) in [6.45, 7) is 0. The number of hydrogen-bond acceptors (Lipinski definition) is 3. The van der Waals surface area contributed by atoms with E-state index in [9.17, 15) is 13.6 Å². The van der Waals surface area contributed by atoms with E-state index >= 15 is 0 Å². The maximum absolute atomic E-state index is 12.6. The van der Waals surface area contributed by atoms with Gasteiger partial charge in [0.2, 0.25) is 0 Å². The Morgan fingerprint density at radius 2 is 2.00 bits per heavy atom. The number of nitrogens with zero attached hydrogens (tertiary/aromatic N) is 2. The second kappa shape index (κ2) is 5.61. The van der Waals surface area contributed by atoms with Crippen LogP contribution in [0.2, 0.25) is 5.02 Å². The first-order valence-corrected chi connectivity index (χ1v) is 7.07. The second-order valence-corrected chi connectivity index (χ2v) is 5.55. The van der Waals surface area contributed by atoms with Gasteiger partial charge in [-0.1, -0.05) is 29.8 Å². The van der Waals surface area contributed by atoms with Crippen molar-refractivity contribution in [1.82, 2.24) is 15.3 Å². The fourth-order valence-corrected chi connectivity index (χ4v) is 2.65. The zero-order valence-electron chi connectivity index (χ0n) is 11.4. The Hall–Kier alpha value is -2.08. The molecule has 1 heterocycles. The van der Waals surface area contributed by atoms with E-state index in [0.717, 1.165) is 30.8 Å². The molecule has 1 N–H and O–H groups in total. The Labute approximate surface area is 130 Å². The summed E-state index contributed by atoms with van der Waals surface area (Å²) in [5.41, 5.74) is -0.259. The average molecular weight is 324 g/mol. The van der Waals surface area contributed by atoms with Gasteiger partial charge in [-0.15, -0.1) is 0 Å². The van der Waals surface area contributed by atoms with Crippen LogP contribution in [0.3, 0.4) is 0 Å². The molecule has 1 aromatic carbocycles. The minimum absolute atomic E-state index is 0.0800. The van der Waals surface area contributed by atoms with Crippen LogP contribution in [0.1, 0.15) is 41.0 Å². The lowest BCUT2D eigenvalue weighted by atomic mass is 10.0. The number of nitrogens with one attached hydrogen (secondary N) is 1. The van der Waals surface area contributed by atoms with E-state index in [0.29, 0.717) is 5.02 Å². The summed E-state index contributed by atoms with van der Waals surface area (Å²) >= 11 is 6.17. The zero-order chi connectivity index (χ0) is 15.7. The smallest absolute Gasteiger partial charge is 0.280 e. The van der Waals surface area contributed by atoms with Crippen molar-refractivity contribution in [2.75, 3.05) is 0 Å². The summed E-state index contributed by atoms with van der Waals surface area (Å²) in [5, 5.41) is 3.41. The molecule has 0 saturated heterocycles. The van der Waals surface area contributed by atoms with Crippen LogP contribution in [-0.4, -0.2) is 15.9 Å². The number of hydrogen-bond donors (Lipinski definition) is 1. The van der Waals surface area contributed by atoms with Gasteiger partial charge in [0.25, 0.3) is 12.3 Å². The lowest BCUT2D eigenvalue weighted by molar-refractivity contribution is 0.0924. The van der Waals surface area contributed by atoms with E-state index in [1.54, 1.807) is 6.07 Å². The van der Waals surface area contributed by atoms with Gasteiger partial charge < -0.3 is 5.32 Å². The molecule has 0 bridgehead atoms. The van der Waals surface area contributed by atoms with Crippen molar-refractivity contribution in [2.45, 2.75) is 24.8 Å². The molecule has 1 amide bonds. The van der Waals surface area contributed by atoms with Gasteiger partial charge in [-0.3, -0.25) is 4.79 Å². The van der Waals surface area contributed by atoms with Crippen LogP contribution in [-0.2, 0) is 5.54 Å². The summed E-state index contributed by atoms with van der Waals surface area (Å²) < 4.78 is 25.3. The third kappa shape index (κ3) is 2.78. The minimum Gasteiger partial charge on any atom is -0.341 e. The highest BCUT2D eigenvalue weighted by Gasteiger charge is 2.47. The van der Waals surface area contributed by atoms with E-state index < -0.39 is 23.6 Å². The molecule has 1 fully saturated rings. The number of carbonyl (C=O) groups is 1. The number of alkyl halides is 2. The number of rotatable bonds is 4. The highest BCUT2D eigenvalue weighted by molar-refractivity contribution is 6.31. The predicted octanol–water partition coefficient (Wildman–Crippen LogP) is 3.49. The van der Waals surface area contributed by atoms with Crippen molar-refractivity contribution in [3.63, 3.8) is 0 Å². The minimum atomic E-state index is -2.74. The summed E-state index contributed by atoms with van der Waals surface area (Å²) in [5.74, 6) is -0.512. The van der Waals surface area contributed by atoms with Crippen LogP contribution in [0.5, 0.6) is 0 Å². The summed E-state index contributed by atoms with van der Waals surface area (Å²) in [7, 11) is 0. The molecule has 0 radical (unpaired) electrons. The fourth-order valence-electron chi connectivity index (χ4n) is 2.33. The Bertz CT molecular complexity index is 719. The number of halogens is 3. The lowest BCUT2D eigenvalue weighted by Crippen LogP contribution is -2.35. The van der Waals surface area contributed by atoms with Crippen molar-refractivity contribution in [3.05, 3.63) is 58.6 Å². The van der Waals surface area contributed by atoms with Gasteiger partial charge in [-0.2, -0.15) is 0 Å². The highest BCUT2D eigenvalue weighted by Crippen LogP contribution is 2.48. The van der Waals surface area contributed by atoms with Crippen LogP contribution in [0, 0.1) is 0 Å². The van der Waals surface area contributed by atoms with Crippen molar-refractivity contribution < 1.29 is 13.6 Å². The molecule has 1 aliphatic carbocycles. The van der Waals surface area contributed by atoms with Gasteiger partial charge in [-0.25, -0.2) is 18.7 Å². The van der Waals surface area contributed by atoms with E-state index in [2.05, 4.69) is 15.3 Å². The molecule has 22 heavy (non-hydrogen) atoms. The molecule has 0 unspecified atom stereocenters. The average Bonchev–Trinajstić information content (AvgIpc) is 3.28. The molecule has 0 atom stereocenters. The highest BCUT2D eigenvalue weighted by atomic mass is 35.5. The molecule has 0 aliphatic heterocycles. The fraction of sp³-hybridized carbons (Fsp3) is 0.267. The predicted molar refractivity (Wildman–Crippen MR) is 76.8 cm³/mol. The molecule has 2 aromatic rings. The van der Waals surface area contributed by atoms with E-state index in [4.69, 9.17) is 11.6 Å². The topological polar surface area (TPSA) is 54.9 Å². The van der Waals surface area contributed by atoms with Gasteiger partial charge in [0.1, 0.15) is 17.7 Å². The molecule has 114 valence electrons. The summed E-state index contributed by atoms with van der Waals surface area (Å²) in [4.78, 5) is 19.5. The molecule has 4 nitrogen and oxygen atoms in total. The van der Waals surface area contributed by atoms with Crippen molar-refractivity contribution in [1.29, 1.82) is 0 Å². The van der Waals surface area contributed by atoms with Crippen molar-refractivity contribution in [3.8, 4) is 0 Å². The summed E-state index contributed by atoms with van der Waals surface area (Å²) in [6, 6.07) is 8.25. The molecule has 1 aliphatic rings. The lowest BCUT2D eigenvalue weighted by Gasteiger charge is -2.19. The third-order valence-electron chi connectivity index (χ3n) is 3.64. The Morgan fingerprint density at radius 3 is 2.64 bits per heavy atom. The molecule has 1 aromatic heterocycles. The van der Waals surface area contributed by atoms with Crippen LogP contribution in [0.15, 0.2) is 36.7 Å².